The van der Waals surface area contributed by atoms with E-state index in [0.29, 0.717) is 26.2 Å². The highest BCUT2D eigenvalue weighted by molar-refractivity contribution is 7.15. The number of nitrogens with zero attached hydrogens (tertiary/aromatic N) is 3. The Hall–Kier alpha value is -0.860. The minimum Gasteiger partial charge on any atom is -0.380 e. The number of alkyl halides is 3. The quantitative estimate of drug-likeness (QED) is 0.921. The molecule has 1 aliphatic rings. The molecule has 1 saturated heterocycles. The molecule has 1 atom stereocenters. The van der Waals surface area contributed by atoms with Gasteiger partial charge >= 0.3 is 6.18 Å². The van der Waals surface area contributed by atoms with Crippen molar-refractivity contribution in [3.8, 4) is 0 Å². The first kappa shape index (κ1) is 16.5. The average molecular weight is 323 g/mol. The van der Waals surface area contributed by atoms with Gasteiger partial charge < -0.3 is 10.0 Å². The largest absolute Gasteiger partial charge is 0.418 e. The Kier molecular flexibility index (Phi) is 4.79. The minimum absolute atomic E-state index is 0.386. The maximum atomic E-state index is 12.7. The van der Waals surface area contributed by atoms with Gasteiger partial charge in [-0.2, -0.15) is 13.2 Å². The lowest BCUT2D eigenvalue weighted by molar-refractivity contribution is -0.257. The van der Waals surface area contributed by atoms with Crippen molar-refractivity contribution in [2.45, 2.75) is 32.0 Å². The Bertz CT molecular complexity index is 467. The Morgan fingerprint density at radius 2 is 1.90 bits per heavy atom. The standard InChI is InChI=1S/C13H20F3N3OS/c1-3-10-8-17-11(21-10)19-6-4-18(5-7-19)9-12(2,20)13(14,15)16/h8,20H,3-7,9H2,1-2H3. The zero-order valence-electron chi connectivity index (χ0n) is 12.2. The summed E-state index contributed by atoms with van der Waals surface area (Å²) in [6, 6.07) is 0. The van der Waals surface area contributed by atoms with E-state index < -0.39 is 11.8 Å². The van der Waals surface area contributed by atoms with Crippen LogP contribution in [0.5, 0.6) is 0 Å². The third-order valence-electron chi connectivity index (χ3n) is 3.67. The first-order chi connectivity index (χ1) is 9.73. The Labute approximate surface area is 126 Å². The summed E-state index contributed by atoms with van der Waals surface area (Å²) in [7, 11) is 0. The van der Waals surface area contributed by atoms with Crippen LogP contribution in [0.3, 0.4) is 0 Å². The van der Waals surface area contributed by atoms with Gasteiger partial charge in [0.05, 0.1) is 0 Å². The summed E-state index contributed by atoms with van der Waals surface area (Å²) >= 11 is 1.62. The van der Waals surface area contributed by atoms with Crippen LogP contribution in [-0.2, 0) is 6.42 Å². The van der Waals surface area contributed by atoms with E-state index in [1.807, 2.05) is 6.20 Å². The second-order valence-electron chi connectivity index (χ2n) is 5.50. The summed E-state index contributed by atoms with van der Waals surface area (Å²) in [5.74, 6) is 0. The molecule has 0 aliphatic carbocycles. The monoisotopic (exact) mass is 323 g/mol. The fraction of sp³-hybridized carbons (Fsp3) is 0.769. The molecular weight excluding hydrogens is 303 g/mol. The number of aryl methyl sites for hydroxylation is 1. The molecule has 2 rings (SSSR count). The average Bonchev–Trinajstić information content (AvgIpc) is 2.86. The van der Waals surface area contributed by atoms with Gasteiger partial charge in [0.2, 0.25) is 0 Å². The zero-order chi connectivity index (χ0) is 15.7. The molecule has 21 heavy (non-hydrogen) atoms. The number of halogens is 3. The predicted octanol–water partition coefficient (Wildman–Crippen LogP) is 2.14. The zero-order valence-corrected chi connectivity index (χ0v) is 13.0. The van der Waals surface area contributed by atoms with Crippen LogP contribution in [0.1, 0.15) is 18.7 Å². The number of hydrogen-bond donors (Lipinski definition) is 1. The molecule has 0 saturated carbocycles. The summed E-state index contributed by atoms with van der Waals surface area (Å²) in [4.78, 5) is 9.28. The lowest BCUT2D eigenvalue weighted by Gasteiger charge is -2.38. The topological polar surface area (TPSA) is 39.6 Å². The van der Waals surface area contributed by atoms with E-state index in [1.165, 1.54) is 4.88 Å². The number of aliphatic hydroxyl groups is 1. The fourth-order valence-corrected chi connectivity index (χ4v) is 3.13. The van der Waals surface area contributed by atoms with Gasteiger partial charge in [-0.3, -0.25) is 4.90 Å². The Morgan fingerprint density at radius 1 is 1.29 bits per heavy atom. The van der Waals surface area contributed by atoms with Crippen LogP contribution < -0.4 is 4.90 Å². The molecular formula is C13H20F3N3OS. The Balaban J connectivity index is 1.89. The van der Waals surface area contributed by atoms with Crippen LogP contribution in [-0.4, -0.2) is 59.5 Å². The Morgan fingerprint density at radius 3 is 2.38 bits per heavy atom. The molecule has 1 N–H and O–H groups in total. The van der Waals surface area contributed by atoms with Crippen LogP contribution in [0.4, 0.5) is 18.3 Å². The first-order valence-electron chi connectivity index (χ1n) is 6.94. The smallest absolute Gasteiger partial charge is 0.380 e. The van der Waals surface area contributed by atoms with Gasteiger partial charge in [-0.05, 0) is 13.3 Å². The molecule has 0 bridgehead atoms. The third-order valence-corrected chi connectivity index (χ3v) is 4.88. The third kappa shape index (κ3) is 3.87. The van der Waals surface area contributed by atoms with Crippen molar-refractivity contribution in [2.24, 2.45) is 0 Å². The van der Waals surface area contributed by atoms with Crippen molar-refractivity contribution in [1.82, 2.24) is 9.88 Å². The van der Waals surface area contributed by atoms with Crippen LogP contribution >= 0.6 is 11.3 Å². The van der Waals surface area contributed by atoms with Crippen LogP contribution in [0, 0.1) is 0 Å². The van der Waals surface area contributed by atoms with Crippen molar-refractivity contribution in [2.75, 3.05) is 37.6 Å². The van der Waals surface area contributed by atoms with Crippen molar-refractivity contribution >= 4 is 16.5 Å². The molecule has 120 valence electrons. The number of thiazole rings is 1. The molecule has 0 spiro atoms. The van der Waals surface area contributed by atoms with Gasteiger partial charge in [0.1, 0.15) is 0 Å². The second kappa shape index (κ2) is 6.10. The van der Waals surface area contributed by atoms with E-state index in [4.69, 9.17) is 0 Å². The molecule has 1 aliphatic heterocycles. The van der Waals surface area contributed by atoms with Crippen LogP contribution in [0.2, 0.25) is 0 Å². The molecule has 0 aromatic carbocycles. The minimum atomic E-state index is -4.60. The highest BCUT2D eigenvalue weighted by Gasteiger charge is 2.50. The summed E-state index contributed by atoms with van der Waals surface area (Å²) < 4.78 is 38.0. The molecule has 0 amide bonds. The lowest BCUT2D eigenvalue weighted by Crippen LogP contribution is -2.56. The number of hydrogen-bond acceptors (Lipinski definition) is 5. The van der Waals surface area contributed by atoms with Crippen LogP contribution in [0.15, 0.2) is 6.20 Å². The maximum Gasteiger partial charge on any atom is 0.418 e. The molecule has 8 heteroatoms. The van der Waals surface area contributed by atoms with E-state index >= 15 is 0 Å². The summed E-state index contributed by atoms with van der Waals surface area (Å²) in [5.41, 5.74) is -2.66. The van der Waals surface area contributed by atoms with Crippen molar-refractivity contribution in [3.05, 3.63) is 11.1 Å². The lowest BCUT2D eigenvalue weighted by atomic mass is 10.1. The SMILES string of the molecule is CCc1cnc(N2CCN(CC(C)(O)C(F)(F)F)CC2)s1. The second-order valence-corrected chi connectivity index (χ2v) is 6.59. The molecule has 1 aromatic heterocycles. The van der Waals surface area contributed by atoms with E-state index in [1.54, 1.807) is 16.2 Å². The molecule has 0 radical (unpaired) electrons. The summed E-state index contributed by atoms with van der Waals surface area (Å²) in [5, 5.41) is 10.5. The van der Waals surface area contributed by atoms with E-state index in [9.17, 15) is 18.3 Å². The van der Waals surface area contributed by atoms with E-state index in [0.717, 1.165) is 18.5 Å². The van der Waals surface area contributed by atoms with Gasteiger partial charge in [-0.1, -0.05) is 6.92 Å². The molecule has 1 aromatic rings. The highest BCUT2D eigenvalue weighted by atomic mass is 32.1. The molecule has 4 nitrogen and oxygen atoms in total. The highest BCUT2D eigenvalue weighted by Crippen LogP contribution is 2.31. The molecule has 2 heterocycles. The number of aromatic nitrogens is 1. The number of rotatable bonds is 4. The fourth-order valence-electron chi connectivity index (χ4n) is 2.23. The van der Waals surface area contributed by atoms with Crippen molar-refractivity contribution in [1.29, 1.82) is 0 Å². The van der Waals surface area contributed by atoms with E-state index in [-0.39, 0.29) is 6.54 Å². The van der Waals surface area contributed by atoms with Gasteiger partial charge in [-0.15, -0.1) is 11.3 Å². The maximum absolute atomic E-state index is 12.7. The number of β-amino-alcohol motifs (C(OH)–C–C–N with tert-alkyl or cyclic N) is 1. The van der Waals surface area contributed by atoms with E-state index in [2.05, 4.69) is 16.8 Å². The van der Waals surface area contributed by atoms with Crippen LogP contribution in [0.25, 0.3) is 0 Å². The van der Waals surface area contributed by atoms with Gasteiger partial charge in [-0.25, -0.2) is 4.98 Å². The molecule has 1 unspecified atom stereocenters. The summed E-state index contributed by atoms with van der Waals surface area (Å²) in [6.45, 7) is 4.75. The van der Waals surface area contributed by atoms with Gasteiger partial charge in [0, 0.05) is 43.8 Å². The van der Waals surface area contributed by atoms with Gasteiger partial charge in [0.15, 0.2) is 10.7 Å². The van der Waals surface area contributed by atoms with Gasteiger partial charge in [0.25, 0.3) is 0 Å². The van der Waals surface area contributed by atoms with Crippen molar-refractivity contribution < 1.29 is 18.3 Å². The summed E-state index contributed by atoms with van der Waals surface area (Å²) in [6.07, 6.45) is -1.82. The number of anilines is 1. The predicted molar refractivity (Wildman–Crippen MR) is 76.8 cm³/mol. The normalized spacial score (nSPS) is 20.6. The molecule has 1 fully saturated rings. The number of piperazine rings is 1. The first-order valence-corrected chi connectivity index (χ1v) is 7.75. The van der Waals surface area contributed by atoms with Crippen molar-refractivity contribution in [3.63, 3.8) is 0 Å².